The number of hydrogen-bond donors (Lipinski definition) is 1. The van der Waals surface area contributed by atoms with Crippen LogP contribution in [0.15, 0.2) is 47.1 Å². The maximum Gasteiger partial charge on any atom is 0.424 e. The van der Waals surface area contributed by atoms with Gasteiger partial charge in [0.05, 0.1) is 6.20 Å². The van der Waals surface area contributed by atoms with Gasteiger partial charge in [-0.2, -0.15) is 4.90 Å². The number of amides is 2. The zero-order valence-electron chi connectivity index (χ0n) is 18.8. The predicted molar refractivity (Wildman–Crippen MR) is 121 cm³/mol. The van der Waals surface area contributed by atoms with Gasteiger partial charge in [-0.15, -0.1) is 0 Å². The number of rotatable bonds is 4. The lowest BCUT2D eigenvalue weighted by Gasteiger charge is -2.26. The van der Waals surface area contributed by atoms with Crippen molar-refractivity contribution in [2.45, 2.75) is 46.3 Å². The van der Waals surface area contributed by atoms with Crippen molar-refractivity contribution in [1.82, 2.24) is 10.1 Å². The van der Waals surface area contributed by atoms with Crippen LogP contribution in [0.5, 0.6) is 5.75 Å². The molecule has 3 rings (SSSR count). The fourth-order valence-electron chi connectivity index (χ4n) is 2.95. The number of carbonyl (C=O) groups is 2. The molecule has 0 saturated carbocycles. The molecule has 2 heterocycles. The van der Waals surface area contributed by atoms with E-state index < -0.39 is 23.9 Å². The summed E-state index contributed by atoms with van der Waals surface area (Å²) in [7, 11) is 0. The predicted octanol–water partition coefficient (Wildman–Crippen LogP) is 6.04. The highest BCUT2D eigenvalue weighted by molar-refractivity contribution is 6.31. The SMILES string of the molecule is Cc1noc(-c2ccc(O)cn2)c1N(C(=O)O[C@H](C)c1ccccc1Cl)C(=O)OC(C)(C)C. The van der Waals surface area contributed by atoms with Gasteiger partial charge in [0.1, 0.15) is 34.5 Å². The number of imide groups is 1. The van der Waals surface area contributed by atoms with Crippen molar-refractivity contribution >= 4 is 29.5 Å². The topological polar surface area (TPSA) is 115 Å². The van der Waals surface area contributed by atoms with E-state index >= 15 is 0 Å². The summed E-state index contributed by atoms with van der Waals surface area (Å²) >= 11 is 6.22. The van der Waals surface area contributed by atoms with Crippen LogP contribution in [-0.4, -0.2) is 33.0 Å². The third kappa shape index (κ3) is 5.61. The van der Waals surface area contributed by atoms with Crippen LogP contribution in [-0.2, 0) is 9.47 Å². The zero-order valence-corrected chi connectivity index (χ0v) is 19.6. The van der Waals surface area contributed by atoms with E-state index in [9.17, 15) is 14.7 Å². The van der Waals surface area contributed by atoms with Crippen LogP contribution < -0.4 is 4.90 Å². The Morgan fingerprint density at radius 2 is 1.85 bits per heavy atom. The van der Waals surface area contributed by atoms with E-state index in [0.29, 0.717) is 15.5 Å². The standard InChI is InChI=1S/C23H24ClN3O6/c1-13-19(20(33-26-13)18-11-10-15(28)12-25-18)27(22(30)32-23(3,4)5)21(29)31-14(2)16-8-6-7-9-17(16)24/h6-12,14,28H,1-5H3/t14-/m1/s1. The van der Waals surface area contributed by atoms with Crippen molar-refractivity contribution in [3.8, 4) is 17.2 Å². The van der Waals surface area contributed by atoms with Crippen molar-refractivity contribution in [3.05, 3.63) is 58.9 Å². The van der Waals surface area contributed by atoms with Gasteiger partial charge in [0, 0.05) is 10.6 Å². The minimum atomic E-state index is -1.01. The second-order valence-corrected chi connectivity index (χ2v) is 8.62. The molecular weight excluding hydrogens is 450 g/mol. The molecule has 0 bridgehead atoms. The number of carbonyl (C=O) groups excluding carboxylic acids is 2. The van der Waals surface area contributed by atoms with Crippen molar-refractivity contribution in [3.63, 3.8) is 0 Å². The summed E-state index contributed by atoms with van der Waals surface area (Å²) < 4.78 is 16.4. The third-order valence-electron chi connectivity index (χ3n) is 4.42. The molecule has 0 unspecified atom stereocenters. The highest BCUT2D eigenvalue weighted by atomic mass is 35.5. The molecule has 33 heavy (non-hydrogen) atoms. The number of halogens is 1. The van der Waals surface area contributed by atoms with Crippen molar-refractivity contribution in [2.24, 2.45) is 0 Å². The van der Waals surface area contributed by atoms with Crippen LogP contribution in [0.3, 0.4) is 0 Å². The molecular formula is C23H24ClN3O6. The first-order valence-corrected chi connectivity index (χ1v) is 10.5. The maximum absolute atomic E-state index is 13.3. The maximum atomic E-state index is 13.3. The summed E-state index contributed by atoms with van der Waals surface area (Å²) in [5.41, 5.74) is 0.154. The molecule has 0 fully saturated rings. The molecule has 1 atom stereocenters. The Kier molecular flexibility index (Phi) is 6.92. The molecule has 0 spiro atoms. The smallest absolute Gasteiger partial charge is 0.424 e. The number of benzene rings is 1. The molecule has 0 aliphatic carbocycles. The third-order valence-corrected chi connectivity index (χ3v) is 4.76. The first-order valence-electron chi connectivity index (χ1n) is 10.1. The van der Waals surface area contributed by atoms with Crippen molar-refractivity contribution in [2.75, 3.05) is 4.90 Å². The van der Waals surface area contributed by atoms with Gasteiger partial charge < -0.3 is 19.1 Å². The monoisotopic (exact) mass is 473 g/mol. The molecule has 9 nitrogen and oxygen atoms in total. The highest BCUT2D eigenvalue weighted by Gasteiger charge is 2.37. The second-order valence-electron chi connectivity index (χ2n) is 8.21. The normalized spacial score (nSPS) is 12.2. The molecule has 2 amide bonds. The quantitative estimate of drug-likeness (QED) is 0.487. The van der Waals surface area contributed by atoms with Gasteiger partial charge in [0.2, 0.25) is 5.76 Å². The summed E-state index contributed by atoms with van der Waals surface area (Å²) in [6.07, 6.45) is -1.56. The molecule has 0 aliphatic heterocycles. The van der Waals surface area contributed by atoms with Crippen molar-refractivity contribution in [1.29, 1.82) is 0 Å². The van der Waals surface area contributed by atoms with Gasteiger partial charge >= 0.3 is 12.2 Å². The molecule has 0 saturated heterocycles. The fraction of sp³-hybridized carbons (Fsp3) is 0.304. The summed E-state index contributed by atoms with van der Waals surface area (Å²) in [4.78, 5) is 31.2. The molecule has 2 aromatic heterocycles. The molecule has 10 heteroatoms. The van der Waals surface area contributed by atoms with E-state index in [2.05, 4.69) is 10.1 Å². The van der Waals surface area contributed by atoms with Crippen LogP contribution >= 0.6 is 11.6 Å². The molecule has 1 N–H and O–H groups in total. The number of aromatic nitrogens is 2. The number of nitrogens with zero attached hydrogens (tertiary/aromatic N) is 3. The Morgan fingerprint density at radius 1 is 1.15 bits per heavy atom. The molecule has 3 aromatic rings. The van der Waals surface area contributed by atoms with Gasteiger partial charge in [-0.25, -0.2) is 14.6 Å². The minimum absolute atomic E-state index is 0.0128. The first kappa shape index (κ1) is 24.1. The lowest BCUT2D eigenvalue weighted by molar-refractivity contribution is 0.0546. The summed E-state index contributed by atoms with van der Waals surface area (Å²) in [6, 6.07) is 9.75. The number of ether oxygens (including phenoxy) is 2. The second kappa shape index (κ2) is 9.50. The molecule has 1 aromatic carbocycles. The molecule has 174 valence electrons. The average Bonchev–Trinajstić information content (AvgIpc) is 3.09. The van der Waals surface area contributed by atoms with Crippen LogP contribution in [0.2, 0.25) is 5.02 Å². The van der Waals surface area contributed by atoms with Gasteiger partial charge in [-0.1, -0.05) is 35.0 Å². The Labute approximate surface area is 195 Å². The van der Waals surface area contributed by atoms with E-state index in [-0.39, 0.29) is 28.6 Å². The summed E-state index contributed by atoms with van der Waals surface area (Å²) in [5.74, 6) is -0.0331. The van der Waals surface area contributed by atoms with Crippen LogP contribution in [0.4, 0.5) is 15.3 Å². The van der Waals surface area contributed by atoms with Gasteiger partial charge in [0.25, 0.3) is 0 Å². The van der Waals surface area contributed by atoms with Crippen LogP contribution in [0.25, 0.3) is 11.5 Å². The first-order chi connectivity index (χ1) is 15.5. The number of aromatic hydroxyl groups is 1. The lowest BCUT2D eigenvalue weighted by atomic mass is 10.1. The van der Waals surface area contributed by atoms with E-state index in [4.69, 9.17) is 25.6 Å². The molecule has 0 aliphatic rings. The van der Waals surface area contributed by atoms with E-state index in [1.807, 2.05) is 0 Å². The Hall–Kier alpha value is -3.59. The Bertz CT molecular complexity index is 1150. The summed E-state index contributed by atoms with van der Waals surface area (Å²) in [5, 5.41) is 13.8. The number of hydrogen-bond acceptors (Lipinski definition) is 8. The number of anilines is 1. The fourth-order valence-corrected chi connectivity index (χ4v) is 3.24. The van der Waals surface area contributed by atoms with Crippen molar-refractivity contribution < 1.29 is 28.7 Å². The highest BCUT2D eigenvalue weighted by Crippen LogP contribution is 2.36. The van der Waals surface area contributed by atoms with E-state index in [0.717, 1.165) is 0 Å². The Balaban J connectivity index is 2.03. The van der Waals surface area contributed by atoms with Gasteiger partial charge in [-0.05, 0) is 52.8 Å². The number of pyridine rings is 1. The average molecular weight is 474 g/mol. The largest absolute Gasteiger partial charge is 0.506 e. The lowest BCUT2D eigenvalue weighted by Crippen LogP contribution is -2.42. The van der Waals surface area contributed by atoms with Gasteiger partial charge in [0.15, 0.2) is 0 Å². The Morgan fingerprint density at radius 3 is 2.45 bits per heavy atom. The number of aryl methyl sites for hydroxylation is 1. The van der Waals surface area contributed by atoms with Crippen LogP contribution in [0.1, 0.15) is 45.1 Å². The van der Waals surface area contributed by atoms with E-state index in [1.54, 1.807) is 58.9 Å². The minimum Gasteiger partial charge on any atom is -0.506 e. The van der Waals surface area contributed by atoms with E-state index in [1.165, 1.54) is 18.3 Å². The zero-order chi connectivity index (χ0) is 24.3. The summed E-state index contributed by atoms with van der Waals surface area (Å²) in [6.45, 7) is 8.21. The van der Waals surface area contributed by atoms with Crippen LogP contribution in [0, 0.1) is 6.92 Å². The molecule has 0 radical (unpaired) electrons. The van der Waals surface area contributed by atoms with Gasteiger partial charge in [-0.3, -0.25) is 0 Å².